The molecule has 2 aliphatic rings. The lowest BCUT2D eigenvalue weighted by Gasteiger charge is -2.34. The third kappa shape index (κ3) is 1.70. The number of aromatic amines is 1. The molecule has 6 heteroatoms. The van der Waals surface area contributed by atoms with Crippen molar-refractivity contribution >= 4 is 16.7 Å². The molecule has 0 amide bonds. The van der Waals surface area contributed by atoms with Gasteiger partial charge in [0.1, 0.15) is 5.82 Å². The predicted octanol–water partition coefficient (Wildman–Crippen LogP) is 4.90. The van der Waals surface area contributed by atoms with E-state index < -0.39 is 0 Å². The Morgan fingerprint density at radius 3 is 2.86 bits per heavy atom. The lowest BCUT2D eigenvalue weighted by Crippen LogP contribution is -2.32. The van der Waals surface area contributed by atoms with Gasteiger partial charge in [-0.2, -0.15) is 0 Å². The first-order chi connectivity index (χ1) is 13.3. The number of benzene rings is 1. The van der Waals surface area contributed by atoms with Gasteiger partial charge in [-0.25, -0.2) is 9.37 Å². The zero-order valence-corrected chi connectivity index (χ0v) is 16.5. The van der Waals surface area contributed by atoms with Crippen molar-refractivity contribution in [3.63, 3.8) is 0 Å². The molecule has 2 atom stereocenters. The van der Waals surface area contributed by atoms with Crippen LogP contribution in [0.1, 0.15) is 56.6 Å². The molecule has 5 nitrogen and oxygen atoms in total. The minimum Gasteiger partial charge on any atom is -0.358 e. The molecule has 3 aromatic heterocycles. The Morgan fingerprint density at radius 2 is 2.04 bits per heavy atom. The molecule has 0 radical (unpaired) electrons. The zero-order valence-electron chi connectivity index (χ0n) is 16.5. The van der Waals surface area contributed by atoms with Gasteiger partial charge in [0.05, 0.1) is 17.1 Å². The van der Waals surface area contributed by atoms with Crippen LogP contribution < -0.4 is 0 Å². The van der Waals surface area contributed by atoms with Crippen LogP contribution in [0.25, 0.3) is 27.9 Å². The molecule has 1 saturated carbocycles. The number of halogens is 1. The van der Waals surface area contributed by atoms with Gasteiger partial charge in [0.2, 0.25) is 0 Å². The molecule has 0 aliphatic heterocycles. The van der Waals surface area contributed by atoms with Gasteiger partial charge >= 0.3 is 0 Å². The molecule has 142 valence electrons. The maximum Gasteiger partial charge on any atom is 0.254 e. The molecule has 28 heavy (non-hydrogen) atoms. The van der Waals surface area contributed by atoms with E-state index in [1.165, 1.54) is 18.2 Å². The van der Waals surface area contributed by atoms with E-state index in [1.807, 2.05) is 6.92 Å². The van der Waals surface area contributed by atoms with Crippen LogP contribution >= 0.6 is 0 Å². The second kappa shape index (κ2) is 4.80. The fourth-order valence-corrected chi connectivity index (χ4v) is 5.81. The second-order valence-electron chi connectivity index (χ2n) is 9.19. The standard InChI is InChI=1S/C22H22FN5/c1-11-17(13-9-12(23)5-6-15(13)24-11)16-10-28-19-18(26-27-20(28)25-16)14-7-8-22(19,4)21(14,2)3/h5-6,9-10,14,24H,7-8H2,1-4H3/t14-,22+/m1/s1. The summed E-state index contributed by atoms with van der Waals surface area (Å²) in [5.74, 6) is 0.811. The minimum absolute atomic E-state index is 0.0561. The Morgan fingerprint density at radius 1 is 1.21 bits per heavy atom. The fourth-order valence-electron chi connectivity index (χ4n) is 5.81. The van der Waals surface area contributed by atoms with Crippen LogP contribution in [0.5, 0.6) is 0 Å². The number of fused-ring (bicyclic) bond motifs is 8. The molecule has 2 aliphatic carbocycles. The maximum absolute atomic E-state index is 13.9. The summed E-state index contributed by atoms with van der Waals surface area (Å²) >= 11 is 0. The van der Waals surface area contributed by atoms with E-state index in [2.05, 4.69) is 46.6 Å². The highest BCUT2D eigenvalue weighted by Gasteiger charge is 2.61. The Balaban J connectivity index is 1.64. The molecule has 2 bridgehead atoms. The zero-order chi connectivity index (χ0) is 19.4. The molecular formula is C22H22FN5. The van der Waals surface area contributed by atoms with Gasteiger partial charge in [-0.1, -0.05) is 20.8 Å². The van der Waals surface area contributed by atoms with Crippen LogP contribution in [0, 0.1) is 18.2 Å². The van der Waals surface area contributed by atoms with Crippen molar-refractivity contribution in [2.24, 2.45) is 5.41 Å². The molecule has 1 aromatic carbocycles. The first-order valence-electron chi connectivity index (χ1n) is 9.85. The molecular weight excluding hydrogens is 353 g/mol. The lowest BCUT2D eigenvalue weighted by atomic mass is 9.70. The number of rotatable bonds is 1. The van der Waals surface area contributed by atoms with E-state index >= 15 is 0 Å². The largest absolute Gasteiger partial charge is 0.358 e. The van der Waals surface area contributed by atoms with Crippen molar-refractivity contribution in [3.05, 3.63) is 47.3 Å². The molecule has 4 aromatic rings. The first kappa shape index (κ1) is 16.2. The molecule has 0 saturated heterocycles. The Kier molecular flexibility index (Phi) is 2.78. The first-order valence-corrected chi connectivity index (χ1v) is 9.85. The molecule has 6 rings (SSSR count). The fraction of sp³-hybridized carbons (Fsp3) is 0.409. The predicted molar refractivity (Wildman–Crippen MR) is 106 cm³/mol. The average Bonchev–Trinajstić information content (AvgIpc) is 3.30. The molecule has 1 fully saturated rings. The number of H-pyrrole nitrogens is 1. The highest BCUT2D eigenvalue weighted by molar-refractivity contribution is 5.96. The monoisotopic (exact) mass is 375 g/mol. The topological polar surface area (TPSA) is 58.9 Å². The quantitative estimate of drug-likeness (QED) is 0.515. The van der Waals surface area contributed by atoms with Gasteiger partial charge in [0.25, 0.3) is 5.78 Å². The van der Waals surface area contributed by atoms with E-state index in [0.29, 0.717) is 11.7 Å². The lowest BCUT2D eigenvalue weighted by molar-refractivity contribution is 0.225. The third-order valence-electron chi connectivity index (χ3n) is 7.70. The Hall–Kier alpha value is -2.76. The number of hydrogen-bond acceptors (Lipinski definition) is 3. The van der Waals surface area contributed by atoms with Crippen LogP contribution in [0.4, 0.5) is 4.39 Å². The molecule has 3 heterocycles. The van der Waals surface area contributed by atoms with E-state index in [9.17, 15) is 4.39 Å². The number of aryl methyl sites for hydroxylation is 1. The van der Waals surface area contributed by atoms with Crippen molar-refractivity contribution < 1.29 is 4.39 Å². The van der Waals surface area contributed by atoms with Crippen molar-refractivity contribution in [3.8, 4) is 11.3 Å². The summed E-state index contributed by atoms with van der Waals surface area (Å²) in [6.07, 6.45) is 4.38. The number of imidazole rings is 1. The summed E-state index contributed by atoms with van der Waals surface area (Å²) in [6.45, 7) is 9.05. The SMILES string of the molecule is Cc1[nH]c2ccc(F)cc2c1-c1cn2c3c(nnc2n1)[C@H]1CC[C@]3(C)C1(C)C. The normalized spacial score (nSPS) is 25.1. The smallest absolute Gasteiger partial charge is 0.254 e. The number of nitrogens with zero attached hydrogens (tertiary/aromatic N) is 4. The summed E-state index contributed by atoms with van der Waals surface area (Å²) in [4.78, 5) is 8.13. The summed E-state index contributed by atoms with van der Waals surface area (Å²) < 4.78 is 16.0. The van der Waals surface area contributed by atoms with Gasteiger partial charge in [-0.15, -0.1) is 10.2 Å². The van der Waals surface area contributed by atoms with Crippen molar-refractivity contribution in [1.29, 1.82) is 0 Å². The number of nitrogens with one attached hydrogen (secondary N) is 1. The molecule has 0 spiro atoms. The van der Waals surface area contributed by atoms with E-state index in [0.717, 1.165) is 40.0 Å². The van der Waals surface area contributed by atoms with Crippen LogP contribution in [-0.4, -0.2) is 24.6 Å². The third-order valence-corrected chi connectivity index (χ3v) is 7.70. The summed E-state index contributed by atoms with van der Waals surface area (Å²) in [6, 6.07) is 4.82. The van der Waals surface area contributed by atoms with Crippen molar-refractivity contribution in [2.75, 3.05) is 0 Å². The van der Waals surface area contributed by atoms with Gasteiger partial charge < -0.3 is 4.98 Å². The maximum atomic E-state index is 13.9. The van der Waals surface area contributed by atoms with Crippen LogP contribution in [0.3, 0.4) is 0 Å². The van der Waals surface area contributed by atoms with Gasteiger partial charge in [0, 0.05) is 39.7 Å². The van der Waals surface area contributed by atoms with Gasteiger partial charge in [-0.3, -0.25) is 4.40 Å². The average molecular weight is 375 g/mol. The van der Waals surface area contributed by atoms with Crippen LogP contribution in [0.2, 0.25) is 0 Å². The summed E-state index contributed by atoms with van der Waals surface area (Å²) in [7, 11) is 0. The summed E-state index contributed by atoms with van der Waals surface area (Å²) in [5.41, 5.74) is 6.21. The highest BCUT2D eigenvalue weighted by Crippen LogP contribution is 2.66. The van der Waals surface area contributed by atoms with E-state index in [-0.39, 0.29) is 16.6 Å². The van der Waals surface area contributed by atoms with Crippen LogP contribution in [0.15, 0.2) is 24.4 Å². The molecule has 0 unspecified atom stereocenters. The number of aromatic nitrogens is 5. The minimum atomic E-state index is -0.247. The van der Waals surface area contributed by atoms with Gasteiger partial charge in [0.15, 0.2) is 0 Å². The highest BCUT2D eigenvalue weighted by atomic mass is 19.1. The second-order valence-corrected chi connectivity index (χ2v) is 9.19. The van der Waals surface area contributed by atoms with Crippen LogP contribution in [-0.2, 0) is 5.41 Å². The van der Waals surface area contributed by atoms with Crippen molar-refractivity contribution in [1.82, 2.24) is 24.6 Å². The van der Waals surface area contributed by atoms with Crippen molar-refractivity contribution in [2.45, 2.75) is 51.9 Å². The Labute approximate surface area is 162 Å². The Bertz CT molecular complexity index is 1300. The number of hydrogen-bond donors (Lipinski definition) is 1. The van der Waals surface area contributed by atoms with E-state index in [4.69, 9.17) is 4.98 Å². The molecule has 1 N–H and O–H groups in total. The van der Waals surface area contributed by atoms with Gasteiger partial charge in [-0.05, 0) is 43.4 Å². The van der Waals surface area contributed by atoms with E-state index in [1.54, 1.807) is 12.1 Å². The summed E-state index contributed by atoms with van der Waals surface area (Å²) in [5, 5.41) is 9.89.